The van der Waals surface area contributed by atoms with Crippen LogP contribution in [0.15, 0.2) is 23.1 Å². The number of rotatable bonds is 10. The van der Waals surface area contributed by atoms with E-state index in [4.69, 9.17) is 9.84 Å². The highest BCUT2D eigenvalue weighted by molar-refractivity contribution is 7.89. The van der Waals surface area contributed by atoms with Gasteiger partial charge in [-0.15, -0.1) is 0 Å². The number of carbonyl (C=O) groups is 1. The zero-order valence-corrected chi connectivity index (χ0v) is 14.4. The van der Waals surface area contributed by atoms with E-state index in [1.807, 2.05) is 13.8 Å². The summed E-state index contributed by atoms with van der Waals surface area (Å²) in [7, 11) is -2.25. The van der Waals surface area contributed by atoms with E-state index >= 15 is 0 Å². The van der Waals surface area contributed by atoms with Crippen molar-refractivity contribution in [3.63, 3.8) is 0 Å². The largest absolute Gasteiger partial charge is 0.478 e. The highest BCUT2D eigenvalue weighted by atomic mass is 32.2. The molecule has 0 aliphatic heterocycles. The van der Waals surface area contributed by atoms with Gasteiger partial charge in [0, 0.05) is 19.7 Å². The van der Waals surface area contributed by atoms with Crippen LogP contribution >= 0.6 is 0 Å². The summed E-state index contributed by atoms with van der Waals surface area (Å²) in [4.78, 5) is 11.0. The average molecular weight is 344 g/mol. The second-order valence-electron chi connectivity index (χ2n) is 5.27. The van der Waals surface area contributed by atoms with Crippen LogP contribution < -0.4 is 10.0 Å². The number of sulfonamides is 1. The van der Waals surface area contributed by atoms with Crippen LogP contribution in [-0.4, -0.2) is 45.8 Å². The summed E-state index contributed by atoms with van der Waals surface area (Å²) in [6, 6.07) is 3.87. The van der Waals surface area contributed by atoms with Gasteiger partial charge in [-0.05, 0) is 31.5 Å². The number of nitrogens with one attached hydrogen (secondary N) is 2. The maximum atomic E-state index is 12.5. The van der Waals surface area contributed by atoms with E-state index in [0.717, 1.165) is 6.42 Å². The Bertz CT molecular complexity index is 631. The van der Waals surface area contributed by atoms with Crippen LogP contribution in [0.1, 0.15) is 37.0 Å². The van der Waals surface area contributed by atoms with E-state index in [1.165, 1.54) is 18.2 Å². The van der Waals surface area contributed by atoms with E-state index in [-0.39, 0.29) is 16.5 Å². The molecule has 0 saturated carbocycles. The van der Waals surface area contributed by atoms with Crippen molar-refractivity contribution in [3.05, 3.63) is 23.8 Å². The number of unbranched alkanes of at least 4 members (excludes halogenated alkanes) is 1. The third kappa shape index (κ3) is 5.81. The van der Waals surface area contributed by atoms with Crippen molar-refractivity contribution < 1.29 is 23.1 Å². The van der Waals surface area contributed by atoms with E-state index < -0.39 is 16.0 Å². The normalized spacial score (nSPS) is 12.8. The highest BCUT2D eigenvalue weighted by Gasteiger charge is 2.21. The molecule has 23 heavy (non-hydrogen) atoms. The van der Waals surface area contributed by atoms with Crippen molar-refractivity contribution in [2.75, 3.05) is 25.6 Å². The molecule has 0 bridgehead atoms. The molecule has 8 heteroatoms. The topological polar surface area (TPSA) is 105 Å². The average Bonchev–Trinajstić information content (AvgIpc) is 2.47. The van der Waals surface area contributed by atoms with Crippen molar-refractivity contribution in [2.45, 2.75) is 37.6 Å². The number of ether oxygens (including phenoxy) is 1. The van der Waals surface area contributed by atoms with Crippen LogP contribution in [0.4, 0.5) is 5.69 Å². The molecule has 0 fully saturated rings. The van der Waals surface area contributed by atoms with Gasteiger partial charge in [-0.3, -0.25) is 0 Å². The number of methoxy groups -OCH3 is 1. The Labute approximate surface area is 137 Å². The van der Waals surface area contributed by atoms with E-state index in [1.54, 1.807) is 7.11 Å². The van der Waals surface area contributed by atoms with Gasteiger partial charge in [-0.1, -0.05) is 13.3 Å². The fourth-order valence-electron chi connectivity index (χ4n) is 2.02. The molecule has 1 aromatic carbocycles. The lowest BCUT2D eigenvalue weighted by molar-refractivity contribution is 0.0696. The fraction of sp³-hybridized carbons (Fsp3) is 0.533. The molecule has 130 valence electrons. The maximum absolute atomic E-state index is 12.5. The lowest BCUT2D eigenvalue weighted by Gasteiger charge is -2.18. The Balaban J connectivity index is 3.17. The summed E-state index contributed by atoms with van der Waals surface area (Å²) >= 11 is 0. The molecular weight excluding hydrogens is 320 g/mol. The Morgan fingerprint density at radius 3 is 2.65 bits per heavy atom. The molecule has 0 aliphatic carbocycles. The van der Waals surface area contributed by atoms with Crippen molar-refractivity contribution in [1.82, 2.24) is 4.72 Å². The van der Waals surface area contributed by atoms with Gasteiger partial charge in [-0.2, -0.15) is 0 Å². The Morgan fingerprint density at radius 2 is 2.09 bits per heavy atom. The van der Waals surface area contributed by atoms with Crippen LogP contribution in [0.2, 0.25) is 0 Å². The van der Waals surface area contributed by atoms with Crippen molar-refractivity contribution in [2.24, 2.45) is 0 Å². The lowest BCUT2D eigenvalue weighted by Crippen LogP contribution is -2.28. The summed E-state index contributed by atoms with van der Waals surface area (Å²) in [5.41, 5.74) is 0.273. The van der Waals surface area contributed by atoms with Crippen LogP contribution in [-0.2, 0) is 14.8 Å². The first-order valence-electron chi connectivity index (χ1n) is 7.44. The number of carboxylic acid groups (broad SMARTS) is 1. The molecule has 1 aromatic rings. The lowest BCUT2D eigenvalue weighted by atomic mass is 10.2. The second kappa shape index (κ2) is 8.85. The van der Waals surface area contributed by atoms with Gasteiger partial charge in [0.05, 0.1) is 17.9 Å². The smallest absolute Gasteiger partial charge is 0.335 e. The van der Waals surface area contributed by atoms with Gasteiger partial charge in [-0.25, -0.2) is 17.9 Å². The molecular formula is C15H24N2O5S. The SMILES string of the molecule is CCCCNS(=O)(=O)c1cc(C(=O)O)ccc1N[C@H](C)COC. The first-order chi connectivity index (χ1) is 10.8. The first kappa shape index (κ1) is 19.4. The number of hydrogen-bond acceptors (Lipinski definition) is 5. The van der Waals surface area contributed by atoms with Gasteiger partial charge >= 0.3 is 5.97 Å². The Kier molecular flexibility index (Phi) is 7.47. The molecule has 3 N–H and O–H groups in total. The summed E-state index contributed by atoms with van der Waals surface area (Å²) < 4.78 is 32.5. The number of hydrogen-bond donors (Lipinski definition) is 3. The van der Waals surface area contributed by atoms with E-state index in [2.05, 4.69) is 10.0 Å². The zero-order chi connectivity index (χ0) is 17.5. The first-order valence-corrected chi connectivity index (χ1v) is 8.92. The summed E-state index contributed by atoms with van der Waals surface area (Å²) in [6.07, 6.45) is 1.56. The number of carboxylic acids is 1. The molecule has 0 saturated heterocycles. The number of benzene rings is 1. The third-order valence-electron chi connectivity index (χ3n) is 3.16. The summed E-state index contributed by atoms with van der Waals surface area (Å²) in [5.74, 6) is -1.17. The van der Waals surface area contributed by atoms with Crippen LogP contribution in [0.25, 0.3) is 0 Å². The zero-order valence-electron chi connectivity index (χ0n) is 13.6. The molecule has 1 rings (SSSR count). The molecule has 0 aromatic heterocycles. The van der Waals surface area contributed by atoms with Crippen LogP contribution in [0.3, 0.4) is 0 Å². The predicted molar refractivity (Wildman–Crippen MR) is 88.5 cm³/mol. The predicted octanol–water partition coefficient (Wildman–Crippen LogP) is 1.91. The van der Waals surface area contributed by atoms with Crippen molar-refractivity contribution in [3.8, 4) is 0 Å². The summed E-state index contributed by atoms with van der Waals surface area (Å²) in [5, 5.41) is 12.1. The quantitative estimate of drug-likeness (QED) is 0.560. The standard InChI is InChI=1S/C15H24N2O5S/c1-4-5-8-16-23(20,21)14-9-12(15(18)19)6-7-13(14)17-11(2)10-22-3/h6-7,9,11,16-17H,4-5,8,10H2,1-3H3,(H,18,19)/t11-/m1/s1. The van der Waals surface area contributed by atoms with Crippen LogP contribution in [0, 0.1) is 0 Å². The molecule has 7 nitrogen and oxygen atoms in total. The Hall–Kier alpha value is -1.64. The summed E-state index contributed by atoms with van der Waals surface area (Å²) in [6.45, 7) is 4.50. The highest BCUT2D eigenvalue weighted by Crippen LogP contribution is 2.24. The fourth-order valence-corrected chi connectivity index (χ4v) is 3.28. The van der Waals surface area contributed by atoms with Crippen molar-refractivity contribution in [1.29, 1.82) is 0 Å². The van der Waals surface area contributed by atoms with E-state index in [0.29, 0.717) is 25.3 Å². The molecule has 0 heterocycles. The van der Waals surface area contributed by atoms with Gasteiger partial charge in [0.15, 0.2) is 0 Å². The van der Waals surface area contributed by atoms with Crippen LogP contribution in [0.5, 0.6) is 0 Å². The minimum Gasteiger partial charge on any atom is -0.478 e. The molecule has 0 aliphatic rings. The molecule has 1 atom stereocenters. The third-order valence-corrected chi connectivity index (χ3v) is 4.66. The number of aromatic carboxylic acids is 1. The molecule has 0 radical (unpaired) electrons. The number of anilines is 1. The Morgan fingerprint density at radius 1 is 1.39 bits per heavy atom. The molecule has 0 spiro atoms. The monoisotopic (exact) mass is 344 g/mol. The minimum absolute atomic E-state index is 0.0727. The second-order valence-corrected chi connectivity index (χ2v) is 7.00. The van der Waals surface area contributed by atoms with Gasteiger partial charge in [0.25, 0.3) is 0 Å². The minimum atomic E-state index is -3.80. The van der Waals surface area contributed by atoms with Gasteiger partial charge in [0.2, 0.25) is 10.0 Å². The van der Waals surface area contributed by atoms with Crippen molar-refractivity contribution >= 4 is 21.7 Å². The molecule has 0 unspecified atom stereocenters. The molecule has 0 amide bonds. The van der Waals surface area contributed by atoms with Gasteiger partial charge < -0.3 is 15.2 Å². The maximum Gasteiger partial charge on any atom is 0.335 e. The van der Waals surface area contributed by atoms with E-state index in [9.17, 15) is 13.2 Å². The van der Waals surface area contributed by atoms with Gasteiger partial charge in [0.1, 0.15) is 4.90 Å².